The second kappa shape index (κ2) is 3.07. The van der Waals surface area contributed by atoms with Gasteiger partial charge in [-0.05, 0) is 18.8 Å². The van der Waals surface area contributed by atoms with Crippen LogP contribution in [0.15, 0.2) is 0 Å². The van der Waals surface area contributed by atoms with Crippen LogP contribution in [-0.2, 0) is 4.74 Å². The smallest absolute Gasteiger partial charge is 0.140 e. The van der Waals surface area contributed by atoms with E-state index in [9.17, 15) is 4.39 Å². The van der Waals surface area contributed by atoms with Crippen molar-refractivity contribution in [3.8, 4) is 0 Å². The molecule has 3 heteroatoms. The first-order chi connectivity index (χ1) is 5.36. The molecule has 0 bridgehead atoms. The van der Waals surface area contributed by atoms with E-state index in [-0.39, 0.29) is 6.10 Å². The zero-order valence-corrected chi connectivity index (χ0v) is 6.55. The summed E-state index contributed by atoms with van der Waals surface area (Å²) in [5, 5.41) is 2.97. The monoisotopic (exact) mass is 159 g/mol. The molecule has 2 atom stereocenters. The van der Waals surface area contributed by atoms with Gasteiger partial charge >= 0.3 is 0 Å². The highest BCUT2D eigenvalue weighted by Crippen LogP contribution is 2.29. The van der Waals surface area contributed by atoms with E-state index in [1.807, 2.05) is 0 Å². The molecule has 2 rings (SSSR count). The first-order valence-electron chi connectivity index (χ1n) is 4.32. The predicted octanol–water partition coefficient (Wildman–Crippen LogP) is 0.723. The summed E-state index contributed by atoms with van der Waals surface area (Å²) in [7, 11) is 0. The fourth-order valence-electron chi connectivity index (χ4n) is 1.33. The lowest BCUT2D eigenvalue weighted by atomic mass is 10.3. The largest absolute Gasteiger partial charge is 0.374 e. The summed E-state index contributed by atoms with van der Waals surface area (Å²) in [5.74, 6) is 0.739. The van der Waals surface area contributed by atoms with E-state index in [2.05, 4.69) is 5.32 Å². The van der Waals surface area contributed by atoms with Gasteiger partial charge in [-0.3, -0.25) is 0 Å². The Kier molecular flexibility index (Phi) is 2.09. The van der Waals surface area contributed by atoms with Crippen LogP contribution in [0.5, 0.6) is 0 Å². The number of rotatable bonds is 3. The van der Waals surface area contributed by atoms with Crippen LogP contribution in [0.25, 0.3) is 0 Å². The van der Waals surface area contributed by atoms with Crippen molar-refractivity contribution in [3.63, 3.8) is 0 Å². The van der Waals surface area contributed by atoms with Crippen molar-refractivity contribution in [3.05, 3.63) is 0 Å². The van der Waals surface area contributed by atoms with E-state index >= 15 is 0 Å². The summed E-state index contributed by atoms with van der Waals surface area (Å²) >= 11 is 0. The van der Waals surface area contributed by atoms with Crippen molar-refractivity contribution in [1.29, 1.82) is 0 Å². The molecule has 0 aromatic heterocycles. The van der Waals surface area contributed by atoms with Gasteiger partial charge in [-0.15, -0.1) is 0 Å². The number of hydrogen-bond acceptors (Lipinski definition) is 2. The lowest BCUT2D eigenvalue weighted by molar-refractivity contribution is 0.0191. The number of nitrogens with one attached hydrogen (secondary N) is 1. The van der Waals surface area contributed by atoms with Gasteiger partial charge in [0.05, 0.1) is 0 Å². The van der Waals surface area contributed by atoms with E-state index < -0.39 is 6.17 Å². The Hall–Kier alpha value is -0.150. The Morgan fingerprint density at radius 3 is 2.73 bits per heavy atom. The van der Waals surface area contributed by atoms with E-state index in [1.54, 1.807) is 0 Å². The van der Waals surface area contributed by atoms with Gasteiger partial charge in [0.15, 0.2) is 0 Å². The Labute approximate surface area is 66.1 Å². The molecule has 1 aliphatic heterocycles. The molecule has 0 amide bonds. The Balaban J connectivity index is 1.67. The summed E-state index contributed by atoms with van der Waals surface area (Å²) < 4.78 is 18.3. The quantitative estimate of drug-likeness (QED) is 0.655. The number of halogens is 1. The Morgan fingerprint density at radius 2 is 2.18 bits per heavy atom. The van der Waals surface area contributed by atoms with Crippen LogP contribution in [-0.4, -0.2) is 32.0 Å². The van der Waals surface area contributed by atoms with Crippen LogP contribution in [0.4, 0.5) is 4.39 Å². The zero-order chi connectivity index (χ0) is 7.68. The zero-order valence-electron chi connectivity index (χ0n) is 6.55. The van der Waals surface area contributed by atoms with Gasteiger partial charge < -0.3 is 10.1 Å². The van der Waals surface area contributed by atoms with E-state index in [0.29, 0.717) is 13.1 Å². The molecule has 0 aromatic carbocycles. The maximum atomic E-state index is 12.9. The number of ether oxygens (including phenoxy) is 1. The first-order valence-corrected chi connectivity index (χ1v) is 4.32. The average molecular weight is 159 g/mol. The fourth-order valence-corrected chi connectivity index (χ4v) is 1.33. The molecule has 2 unspecified atom stereocenters. The molecule has 0 spiro atoms. The summed E-state index contributed by atoms with van der Waals surface area (Å²) in [6.45, 7) is 1.93. The van der Waals surface area contributed by atoms with Crippen molar-refractivity contribution < 1.29 is 9.13 Å². The average Bonchev–Trinajstić information content (AvgIpc) is 2.73. The highest BCUT2D eigenvalue weighted by Gasteiger charge is 2.30. The van der Waals surface area contributed by atoms with Gasteiger partial charge in [0.2, 0.25) is 0 Å². The third-order valence-corrected chi connectivity index (χ3v) is 2.33. The maximum Gasteiger partial charge on any atom is 0.140 e. The third-order valence-electron chi connectivity index (χ3n) is 2.33. The van der Waals surface area contributed by atoms with E-state index in [4.69, 9.17) is 4.74 Å². The SMILES string of the molecule is FC1CNCC1OCC1CC1. The first kappa shape index (κ1) is 7.50. The molecular formula is C8H14FNO. The van der Waals surface area contributed by atoms with Gasteiger partial charge in [-0.25, -0.2) is 4.39 Å². The van der Waals surface area contributed by atoms with Gasteiger partial charge in [-0.2, -0.15) is 0 Å². The predicted molar refractivity (Wildman–Crippen MR) is 40.2 cm³/mol. The van der Waals surface area contributed by atoms with Crippen LogP contribution >= 0.6 is 0 Å². The topological polar surface area (TPSA) is 21.3 Å². The van der Waals surface area contributed by atoms with Crippen molar-refractivity contribution in [2.45, 2.75) is 25.1 Å². The summed E-state index contributed by atoms with van der Waals surface area (Å²) in [6.07, 6.45) is 1.60. The second-order valence-electron chi connectivity index (χ2n) is 3.49. The minimum Gasteiger partial charge on any atom is -0.374 e. The fraction of sp³-hybridized carbons (Fsp3) is 1.00. The van der Waals surface area contributed by atoms with Crippen LogP contribution < -0.4 is 5.32 Å². The van der Waals surface area contributed by atoms with Gasteiger partial charge in [0.25, 0.3) is 0 Å². The molecule has 1 heterocycles. The molecule has 0 radical (unpaired) electrons. The van der Waals surface area contributed by atoms with Crippen LogP contribution in [0.1, 0.15) is 12.8 Å². The van der Waals surface area contributed by atoms with E-state index in [0.717, 1.165) is 12.5 Å². The lowest BCUT2D eigenvalue weighted by Gasteiger charge is -2.11. The molecule has 11 heavy (non-hydrogen) atoms. The molecule has 1 saturated heterocycles. The van der Waals surface area contributed by atoms with Crippen molar-refractivity contribution in [2.24, 2.45) is 5.92 Å². The minimum atomic E-state index is -0.784. The molecule has 1 aliphatic carbocycles. The van der Waals surface area contributed by atoms with Crippen molar-refractivity contribution in [2.75, 3.05) is 19.7 Å². The molecule has 0 aromatic rings. The summed E-state index contributed by atoms with van der Waals surface area (Å²) in [4.78, 5) is 0. The molecule has 1 N–H and O–H groups in total. The van der Waals surface area contributed by atoms with Crippen molar-refractivity contribution in [1.82, 2.24) is 5.32 Å². The molecule has 64 valence electrons. The molecule has 2 fully saturated rings. The van der Waals surface area contributed by atoms with Crippen LogP contribution in [0.2, 0.25) is 0 Å². The van der Waals surface area contributed by atoms with Crippen molar-refractivity contribution >= 4 is 0 Å². The summed E-state index contributed by atoms with van der Waals surface area (Å²) in [5.41, 5.74) is 0. The highest BCUT2D eigenvalue weighted by atomic mass is 19.1. The minimum absolute atomic E-state index is 0.171. The van der Waals surface area contributed by atoms with Gasteiger partial charge in [0, 0.05) is 19.7 Å². The molecule has 2 nitrogen and oxygen atoms in total. The summed E-state index contributed by atoms with van der Waals surface area (Å²) in [6, 6.07) is 0. The second-order valence-corrected chi connectivity index (χ2v) is 3.49. The third kappa shape index (κ3) is 1.91. The lowest BCUT2D eigenvalue weighted by Crippen LogP contribution is -2.24. The van der Waals surface area contributed by atoms with Gasteiger partial charge in [-0.1, -0.05) is 0 Å². The standard InChI is InChI=1S/C8H14FNO/c9-7-3-10-4-8(7)11-5-6-1-2-6/h6-8,10H,1-5H2. The normalized spacial score (nSPS) is 37.9. The number of alkyl halides is 1. The Morgan fingerprint density at radius 1 is 1.36 bits per heavy atom. The molecular weight excluding hydrogens is 145 g/mol. The molecule has 2 aliphatic rings. The van der Waals surface area contributed by atoms with Crippen LogP contribution in [0, 0.1) is 5.92 Å². The number of hydrogen-bond donors (Lipinski definition) is 1. The van der Waals surface area contributed by atoms with Crippen LogP contribution in [0.3, 0.4) is 0 Å². The van der Waals surface area contributed by atoms with E-state index in [1.165, 1.54) is 12.8 Å². The van der Waals surface area contributed by atoms with Gasteiger partial charge in [0.1, 0.15) is 12.3 Å². The Bertz CT molecular complexity index is 138. The molecule has 1 saturated carbocycles. The highest BCUT2D eigenvalue weighted by molar-refractivity contribution is 4.83. The maximum absolute atomic E-state index is 12.9.